The van der Waals surface area contributed by atoms with Crippen molar-refractivity contribution in [2.24, 2.45) is 0 Å². The van der Waals surface area contributed by atoms with E-state index in [0.29, 0.717) is 16.7 Å². The Bertz CT molecular complexity index is 2850. The lowest BCUT2D eigenvalue weighted by molar-refractivity contribution is 1.17. The fraction of sp³-hybridized carbons (Fsp3) is 0. The van der Waals surface area contributed by atoms with Gasteiger partial charge in [-0.25, -0.2) is 0 Å². The fourth-order valence-electron chi connectivity index (χ4n) is 7.37. The summed E-state index contributed by atoms with van der Waals surface area (Å²) >= 11 is 0. The highest BCUT2D eigenvalue weighted by Gasteiger charge is 2.18. The van der Waals surface area contributed by atoms with Gasteiger partial charge in [0.15, 0.2) is 0 Å². The minimum Gasteiger partial charge on any atom is -0.309 e. The first-order chi connectivity index (χ1) is 24.7. The zero-order valence-electron chi connectivity index (χ0n) is 26.7. The molecule has 0 aliphatic heterocycles. The summed E-state index contributed by atoms with van der Waals surface area (Å²) in [4.78, 5) is 0. The molecule has 0 spiro atoms. The minimum atomic E-state index is 0.522. The summed E-state index contributed by atoms with van der Waals surface area (Å²) in [5.74, 6) is 0. The smallest absolute Gasteiger partial charge is 0.101 e. The van der Waals surface area contributed by atoms with Gasteiger partial charge in [-0.15, -0.1) is 0 Å². The zero-order valence-corrected chi connectivity index (χ0v) is 26.7. The third-order valence-corrected chi connectivity index (χ3v) is 9.61. The number of fused-ring (bicyclic) bond motifs is 6. The van der Waals surface area contributed by atoms with Crippen LogP contribution >= 0.6 is 0 Å². The molecule has 2 aromatic heterocycles. The van der Waals surface area contributed by atoms with E-state index in [2.05, 4.69) is 130 Å². The van der Waals surface area contributed by atoms with Crippen molar-refractivity contribution in [3.05, 3.63) is 168 Å². The number of aromatic nitrogens is 2. The quantitative estimate of drug-likeness (QED) is 0.193. The van der Waals surface area contributed by atoms with E-state index >= 15 is 0 Å². The van der Waals surface area contributed by atoms with Crippen LogP contribution in [0.2, 0.25) is 0 Å². The van der Waals surface area contributed by atoms with Gasteiger partial charge in [-0.2, -0.15) is 15.8 Å². The van der Waals surface area contributed by atoms with Gasteiger partial charge in [0.05, 0.1) is 62.3 Å². The second-order valence-corrected chi connectivity index (χ2v) is 12.3. The van der Waals surface area contributed by atoms with Crippen molar-refractivity contribution >= 4 is 43.6 Å². The molecule has 5 heteroatoms. The molecular weight excluding hydrogens is 611 g/mol. The number of hydrogen-bond donors (Lipinski definition) is 0. The standard InChI is InChI=1S/C45H25N5/c46-26-29-16-20-43-38(22-29)39-23-30(27-47)17-21-44(39)50(43)45-25-32(18-19-34(45)28-48)31-8-7-9-33(24-31)35-10-1-4-13-40(35)49-41-14-5-2-11-36(41)37-12-3-6-15-42(37)49/h1-25H. The average Bonchev–Trinajstić information content (AvgIpc) is 3.69. The number of rotatable bonds is 4. The highest BCUT2D eigenvalue weighted by atomic mass is 15.0. The highest BCUT2D eigenvalue weighted by molar-refractivity contribution is 6.11. The van der Waals surface area contributed by atoms with Crippen LogP contribution in [0.15, 0.2) is 152 Å². The summed E-state index contributed by atoms with van der Waals surface area (Å²) in [6, 6.07) is 58.0. The van der Waals surface area contributed by atoms with Crippen LogP contribution in [0, 0.1) is 34.0 Å². The molecule has 2 heterocycles. The minimum absolute atomic E-state index is 0.522. The Morgan fingerprint density at radius 3 is 1.54 bits per heavy atom. The van der Waals surface area contributed by atoms with Crippen molar-refractivity contribution in [1.82, 2.24) is 9.13 Å². The van der Waals surface area contributed by atoms with Gasteiger partial charge in [-0.05, 0) is 89.5 Å². The van der Waals surface area contributed by atoms with Crippen molar-refractivity contribution < 1.29 is 0 Å². The van der Waals surface area contributed by atoms with Crippen LogP contribution in [0.25, 0.3) is 77.2 Å². The average molecular weight is 636 g/mol. The van der Waals surface area contributed by atoms with Gasteiger partial charge in [-0.1, -0.05) is 78.9 Å². The zero-order chi connectivity index (χ0) is 33.8. The first-order valence-corrected chi connectivity index (χ1v) is 16.3. The maximum Gasteiger partial charge on any atom is 0.101 e. The lowest BCUT2D eigenvalue weighted by Gasteiger charge is -2.15. The van der Waals surface area contributed by atoms with Crippen LogP contribution in [0.1, 0.15) is 16.7 Å². The summed E-state index contributed by atoms with van der Waals surface area (Å²) in [6.07, 6.45) is 0. The topological polar surface area (TPSA) is 81.2 Å². The molecule has 5 nitrogen and oxygen atoms in total. The molecular formula is C45H25N5. The Labute approximate surface area is 287 Å². The second-order valence-electron chi connectivity index (χ2n) is 12.3. The van der Waals surface area contributed by atoms with Gasteiger partial charge >= 0.3 is 0 Å². The molecule has 9 aromatic rings. The molecule has 50 heavy (non-hydrogen) atoms. The molecule has 0 amide bonds. The highest BCUT2D eigenvalue weighted by Crippen LogP contribution is 2.39. The molecule has 9 rings (SSSR count). The predicted molar refractivity (Wildman–Crippen MR) is 200 cm³/mol. The molecule has 0 aliphatic carbocycles. The van der Waals surface area contributed by atoms with Crippen LogP contribution in [-0.2, 0) is 0 Å². The summed E-state index contributed by atoms with van der Waals surface area (Å²) in [7, 11) is 0. The van der Waals surface area contributed by atoms with Crippen LogP contribution in [0.3, 0.4) is 0 Å². The van der Waals surface area contributed by atoms with Crippen molar-refractivity contribution in [1.29, 1.82) is 15.8 Å². The number of nitriles is 3. The van der Waals surface area contributed by atoms with E-state index in [0.717, 1.165) is 66.5 Å². The normalized spacial score (nSPS) is 11.1. The molecule has 7 aromatic carbocycles. The summed E-state index contributed by atoms with van der Waals surface area (Å²) < 4.78 is 4.42. The first kappa shape index (κ1) is 28.8. The molecule has 0 radical (unpaired) electrons. The maximum absolute atomic E-state index is 10.3. The van der Waals surface area contributed by atoms with Gasteiger partial charge < -0.3 is 9.13 Å². The molecule has 0 fully saturated rings. The Hall–Kier alpha value is -7.39. The van der Waals surface area contributed by atoms with Crippen molar-refractivity contribution in [3.8, 4) is 51.8 Å². The Morgan fingerprint density at radius 1 is 0.360 bits per heavy atom. The van der Waals surface area contributed by atoms with Gasteiger partial charge in [-0.3, -0.25) is 0 Å². The van der Waals surface area contributed by atoms with Gasteiger partial charge in [0.25, 0.3) is 0 Å². The molecule has 0 saturated heterocycles. The van der Waals surface area contributed by atoms with Crippen molar-refractivity contribution in [2.45, 2.75) is 0 Å². The van der Waals surface area contributed by atoms with E-state index in [1.165, 1.54) is 10.8 Å². The summed E-state index contributed by atoms with van der Waals surface area (Å²) in [6.45, 7) is 0. The SMILES string of the molecule is N#Cc1ccc2c(c1)c1cc(C#N)ccc1n2-c1cc(-c2cccc(-c3ccccc3-n3c4ccccc4c4ccccc43)c2)ccc1C#N. The number of benzene rings is 7. The molecule has 0 unspecified atom stereocenters. The fourth-order valence-corrected chi connectivity index (χ4v) is 7.37. The van der Waals surface area contributed by atoms with Crippen molar-refractivity contribution in [3.63, 3.8) is 0 Å². The van der Waals surface area contributed by atoms with E-state index in [9.17, 15) is 15.8 Å². The third-order valence-electron chi connectivity index (χ3n) is 9.61. The van der Waals surface area contributed by atoms with Gasteiger partial charge in [0.2, 0.25) is 0 Å². The number of hydrogen-bond acceptors (Lipinski definition) is 3. The maximum atomic E-state index is 10.3. The molecule has 0 saturated carbocycles. The second kappa shape index (κ2) is 11.4. The monoisotopic (exact) mass is 635 g/mol. The number of para-hydroxylation sites is 3. The Kier molecular flexibility index (Phi) is 6.56. The molecule has 0 aliphatic rings. The summed E-state index contributed by atoms with van der Waals surface area (Å²) in [5.41, 5.74) is 11.6. The molecule has 0 N–H and O–H groups in total. The number of nitrogens with zero attached hydrogens (tertiary/aromatic N) is 5. The Morgan fingerprint density at radius 2 is 0.900 bits per heavy atom. The van der Waals surface area contributed by atoms with Crippen LogP contribution in [0.5, 0.6) is 0 Å². The van der Waals surface area contributed by atoms with Crippen molar-refractivity contribution in [2.75, 3.05) is 0 Å². The lowest BCUT2D eigenvalue weighted by Crippen LogP contribution is -1.99. The molecule has 0 bridgehead atoms. The van der Waals surface area contributed by atoms with E-state index in [4.69, 9.17) is 0 Å². The third kappa shape index (κ3) is 4.38. The van der Waals surface area contributed by atoms with Gasteiger partial charge in [0, 0.05) is 27.1 Å². The van der Waals surface area contributed by atoms with Gasteiger partial charge in [0.1, 0.15) is 6.07 Å². The van der Waals surface area contributed by atoms with E-state index in [1.54, 1.807) is 12.1 Å². The summed E-state index contributed by atoms with van der Waals surface area (Å²) in [5, 5.41) is 33.8. The molecule has 0 atom stereocenters. The Balaban J connectivity index is 1.23. The van der Waals surface area contributed by atoms with Crippen LogP contribution in [-0.4, -0.2) is 9.13 Å². The first-order valence-electron chi connectivity index (χ1n) is 16.3. The largest absolute Gasteiger partial charge is 0.309 e. The van der Waals surface area contributed by atoms with Crippen LogP contribution < -0.4 is 0 Å². The lowest BCUT2D eigenvalue weighted by atomic mass is 9.96. The molecule has 230 valence electrons. The van der Waals surface area contributed by atoms with E-state index < -0.39 is 0 Å². The van der Waals surface area contributed by atoms with E-state index in [1.807, 2.05) is 36.4 Å². The predicted octanol–water partition coefficient (Wildman–Crippen LogP) is 10.8. The van der Waals surface area contributed by atoms with Crippen LogP contribution in [0.4, 0.5) is 0 Å². The van der Waals surface area contributed by atoms with E-state index in [-0.39, 0.29) is 0 Å².